The maximum absolute atomic E-state index is 11.7. The van der Waals surface area contributed by atoms with Gasteiger partial charge in [0.1, 0.15) is 0 Å². The molecule has 0 radical (unpaired) electrons. The van der Waals surface area contributed by atoms with Crippen molar-refractivity contribution in [3.63, 3.8) is 0 Å². The number of pyridine rings is 1. The molecular weight excluding hydrogens is 286 g/mol. The normalized spacial score (nSPS) is 14.7. The highest BCUT2D eigenvalue weighted by Gasteiger charge is 2.29. The molecule has 1 aromatic rings. The molecule has 20 heavy (non-hydrogen) atoms. The SMILES string of the molecule is O=C(NCCN1C(=O)CSC1=O)c1cc(O)[nH]c(=O)c1. The molecule has 0 atom stereocenters. The average molecular weight is 297 g/mol. The highest BCUT2D eigenvalue weighted by Crippen LogP contribution is 2.17. The van der Waals surface area contributed by atoms with Crippen LogP contribution in [0.15, 0.2) is 16.9 Å². The van der Waals surface area contributed by atoms with E-state index in [1.165, 1.54) is 0 Å². The Labute approximate surface area is 117 Å². The van der Waals surface area contributed by atoms with Gasteiger partial charge in [-0.3, -0.25) is 29.1 Å². The Bertz CT molecular complexity index is 611. The van der Waals surface area contributed by atoms with Crippen LogP contribution in [0.5, 0.6) is 5.88 Å². The molecule has 0 bridgehead atoms. The van der Waals surface area contributed by atoms with Crippen molar-refractivity contribution in [3.05, 3.63) is 28.0 Å². The maximum Gasteiger partial charge on any atom is 0.288 e. The summed E-state index contributed by atoms with van der Waals surface area (Å²) < 4.78 is 0. The fraction of sp³-hybridized carbons (Fsp3) is 0.273. The molecule has 1 aliphatic rings. The van der Waals surface area contributed by atoms with E-state index >= 15 is 0 Å². The van der Waals surface area contributed by atoms with Gasteiger partial charge in [-0.25, -0.2) is 0 Å². The number of amides is 3. The zero-order chi connectivity index (χ0) is 14.7. The largest absolute Gasteiger partial charge is 0.494 e. The van der Waals surface area contributed by atoms with Crippen LogP contribution < -0.4 is 10.9 Å². The Balaban J connectivity index is 1.91. The summed E-state index contributed by atoms with van der Waals surface area (Å²) in [6.07, 6.45) is 0. The van der Waals surface area contributed by atoms with Crippen LogP contribution in [0.2, 0.25) is 0 Å². The lowest BCUT2D eigenvalue weighted by Crippen LogP contribution is -2.37. The average Bonchev–Trinajstić information content (AvgIpc) is 2.69. The lowest BCUT2D eigenvalue weighted by Gasteiger charge is -2.13. The van der Waals surface area contributed by atoms with Crippen molar-refractivity contribution in [1.29, 1.82) is 0 Å². The summed E-state index contributed by atoms with van der Waals surface area (Å²) in [5.41, 5.74) is -0.601. The van der Waals surface area contributed by atoms with Crippen molar-refractivity contribution in [2.45, 2.75) is 0 Å². The highest BCUT2D eigenvalue weighted by atomic mass is 32.2. The van der Waals surface area contributed by atoms with Crippen molar-refractivity contribution >= 4 is 28.8 Å². The minimum atomic E-state index is -0.601. The standard InChI is InChI=1S/C11H11N3O5S/c15-7-3-6(4-8(16)13-7)10(18)12-1-2-14-9(17)5-20-11(14)19/h3-4H,1-2,5H2,(H,12,18)(H2,13,15,16). The van der Waals surface area contributed by atoms with E-state index in [4.69, 9.17) is 0 Å². The first kappa shape index (κ1) is 14.1. The van der Waals surface area contributed by atoms with Gasteiger partial charge in [-0.15, -0.1) is 0 Å². The summed E-state index contributed by atoms with van der Waals surface area (Å²) >= 11 is 0.919. The Hall–Kier alpha value is -2.29. The molecule has 3 N–H and O–H groups in total. The lowest BCUT2D eigenvalue weighted by atomic mass is 10.2. The van der Waals surface area contributed by atoms with Crippen LogP contribution in [0.3, 0.4) is 0 Å². The van der Waals surface area contributed by atoms with Gasteiger partial charge in [-0.2, -0.15) is 0 Å². The Morgan fingerprint density at radius 3 is 2.75 bits per heavy atom. The van der Waals surface area contributed by atoms with Crippen LogP contribution in [-0.4, -0.2) is 50.9 Å². The number of aromatic hydroxyl groups is 1. The smallest absolute Gasteiger partial charge is 0.288 e. The zero-order valence-electron chi connectivity index (χ0n) is 10.2. The molecule has 1 aromatic heterocycles. The van der Waals surface area contributed by atoms with Crippen molar-refractivity contribution in [1.82, 2.24) is 15.2 Å². The number of hydrogen-bond donors (Lipinski definition) is 3. The quantitative estimate of drug-likeness (QED) is 0.689. The third-order valence-corrected chi connectivity index (χ3v) is 3.41. The summed E-state index contributed by atoms with van der Waals surface area (Å²) in [6, 6.07) is 2.15. The van der Waals surface area contributed by atoms with Crippen LogP contribution in [0.4, 0.5) is 4.79 Å². The van der Waals surface area contributed by atoms with Crippen LogP contribution in [0.25, 0.3) is 0 Å². The highest BCUT2D eigenvalue weighted by molar-refractivity contribution is 8.14. The van der Waals surface area contributed by atoms with E-state index in [2.05, 4.69) is 10.3 Å². The summed E-state index contributed by atoms with van der Waals surface area (Å²) in [5, 5.41) is 11.3. The summed E-state index contributed by atoms with van der Waals surface area (Å²) in [5.74, 6) is -1.15. The number of aromatic amines is 1. The number of nitrogens with one attached hydrogen (secondary N) is 2. The molecule has 8 nitrogen and oxygen atoms in total. The molecule has 2 rings (SSSR count). The molecule has 0 aliphatic carbocycles. The number of H-pyrrole nitrogens is 1. The van der Waals surface area contributed by atoms with E-state index < -0.39 is 17.3 Å². The molecule has 2 heterocycles. The number of thioether (sulfide) groups is 1. The second-order valence-electron chi connectivity index (χ2n) is 3.97. The van der Waals surface area contributed by atoms with Gasteiger partial charge in [0, 0.05) is 25.2 Å². The topological polar surface area (TPSA) is 120 Å². The third-order valence-electron chi connectivity index (χ3n) is 2.55. The monoisotopic (exact) mass is 297 g/mol. The minimum absolute atomic E-state index is 0.000278. The van der Waals surface area contributed by atoms with Crippen LogP contribution >= 0.6 is 11.8 Å². The number of carbonyl (C=O) groups is 3. The van der Waals surface area contributed by atoms with Crippen LogP contribution in [0, 0.1) is 0 Å². The molecule has 0 saturated carbocycles. The van der Waals surface area contributed by atoms with Crippen molar-refractivity contribution < 1.29 is 19.5 Å². The van der Waals surface area contributed by atoms with Gasteiger partial charge in [-0.05, 0) is 0 Å². The lowest BCUT2D eigenvalue weighted by molar-refractivity contribution is -0.124. The van der Waals surface area contributed by atoms with Gasteiger partial charge < -0.3 is 10.4 Å². The Morgan fingerprint density at radius 2 is 2.15 bits per heavy atom. The van der Waals surface area contributed by atoms with E-state index in [-0.39, 0.29) is 35.6 Å². The first-order valence-corrected chi connectivity index (χ1v) is 6.64. The second kappa shape index (κ2) is 5.78. The predicted octanol–water partition coefficient (Wildman–Crippen LogP) is -0.494. The van der Waals surface area contributed by atoms with E-state index in [0.717, 1.165) is 28.8 Å². The van der Waals surface area contributed by atoms with E-state index in [0.29, 0.717) is 0 Å². The van der Waals surface area contributed by atoms with E-state index in [9.17, 15) is 24.3 Å². The first-order valence-electron chi connectivity index (χ1n) is 5.66. The molecule has 106 valence electrons. The third kappa shape index (κ3) is 3.18. The van der Waals surface area contributed by atoms with E-state index in [1.807, 2.05) is 0 Å². The molecule has 1 fully saturated rings. The molecule has 0 aromatic carbocycles. The fourth-order valence-electron chi connectivity index (χ4n) is 1.64. The number of nitrogens with zero attached hydrogens (tertiary/aromatic N) is 1. The Kier molecular flexibility index (Phi) is 4.08. The molecule has 3 amide bonds. The van der Waals surface area contributed by atoms with Gasteiger partial charge in [-0.1, -0.05) is 11.8 Å². The van der Waals surface area contributed by atoms with Gasteiger partial charge in [0.15, 0.2) is 5.88 Å². The van der Waals surface area contributed by atoms with Gasteiger partial charge >= 0.3 is 0 Å². The summed E-state index contributed by atoms with van der Waals surface area (Å²) in [7, 11) is 0. The molecule has 0 spiro atoms. The predicted molar refractivity (Wildman–Crippen MR) is 70.6 cm³/mol. The Morgan fingerprint density at radius 1 is 1.40 bits per heavy atom. The maximum atomic E-state index is 11.7. The molecule has 9 heteroatoms. The molecular formula is C11H11N3O5S. The molecule has 0 unspecified atom stereocenters. The van der Waals surface area contributed by atoms with E-state index in [1.54, 1.807) is 0 Å². The number of imide groups is 1. The van der Waals surface area contributed by atoms with Crippen LogP contribution in [0.1, 0.15) is 10.4 Å². The van der Waals surface area contributed by atoms with Crippen LogP contribution in [-0.2, 0) is 4.79 Å². The zero-order valence-corrected chi connectivity index (χ0v) is 11.0. The summed E-state index contributed by atoms with van der Waals surface area (Å²) in [6.45, 7) is 0.149. The fourth-order valence-corrected chi connectivity index (χ4v) is 2.39. The number of aromatic nitrogens is 1. The second-order valence-corrected chi connectivity index (χ2v) is 4.90. The van der Waals surface area contributed by atoms with Gasteiger partial charge in [0.25, 0.3) is 16.7 Å². The van der Waals surface area contributed by atoms with Crippen molar-refractivity contribution in [2.24, 2.45) is 0 Å². The number of carbonyl (C=O) groups excluding carboxylic acids is 3. The minimum Gasteiger partial charge on any atom is -0.494 e. The van der Waals surface area contributed by atoms with Gasteiger partial charge in [0.2, 0.25) is 5.91 Å². The number of hydrogen-bond acceptors (Lipinski definition) is 6. The number of rotatable bonds is 4. The summed E-state index contributed by atoms with van der Waals surface area (Å²) in [4.78, 5) is 48.6. The first-order chi connectivity index (χ1) is 9.47. The van der Waals surface area contributed by atoms with Crippen molar-refractivity contribution in [3.8, 4) is 5.88 Å². The molecule has 1 aliphatic heterocycles. The van der Waals surface area contributed by atoms with Crippen molar-refractivity contribution in [2.75, 3.05) is 18.8 Å². The molecule has 1 saturated heterocycles. The van der Waals surface area contributed by atoms with Gasteiger partial charge in [0.05, 0.1) is 11.3 Å².